The Morgan fingerprint density at radius 2 is 0.816 bits per heavy atom. The summed E-state index contributed by atoms with van der Waals surface area (Å²) in [4.78, 5) is 0. The van der Waals surface area contributed by atoms with E-state index in [9.17, 15) is 0 Å². The van der Waals surface area contributed by atoms with E-state index in [4.69, 9.17) is 0 Å². The van der Waals surface area contributed by atoms with Gasteiger partial charge in [0.2, 0.25) is 0 Å². The van der Waals surface area contributed by atoms with Gasteiger partial charge in [0.1, 0.15) is 25.2 Å². The number of rotatable bonds is 14. The second-order valence-corrected chi connectivity index (χ2v) is 10.0. The number of halogens is 2. The molecule has 0 saturated carbocycles. The fourth-order valence-electron chi connectivity index (χ4n) is 6.01. The Morgan fingerprint density at radius 3 is 1.05 bits per heavy atom. The molecule has 0 radical (unpaired) electrons. The molecule has 0 heterocycles. The van der Waals surface area contributed by atoms with Crippen molar-refractivity contribution in [3.05, 3.63) is 132 Å². The Kier molecular flexibility index (Phi) is 14.1. The van der Waals surface area contributed by atoms with Crippen LogP contribution in [0.5, 0.6) is 0 Å². The fraction of sp³-hybridized carbons (Fsp3) is 0.353. The van der Waals surface area contributed by atoms with E-state index >= 15 is 0 Å². The summed E-state index contributed by atoms with van der Waals surface area (Å²) in [5, 5.41) is 0. The molecular weight excluding hydrogens is 507 g/mol. The van der Waals surface area contributed by atoms with Gasteiger partial charge in [0, 0.05) is 22.3 Å². The number of hydrogen-bond donors (Lipinski definition) is 0. The zero-order valence-corrected chi connectivity index (χ0v) is 25.2. The Bertz CT molecular complexity index is 984. The second kappa shape index (κ2) is 15.9. The Balaban J connectivity index is 0.00000361. The summed E-state index contributed by atoms with van der Waals surface area (Å²) in [5.74, 6) is 0. The van der Waals surface area contributed by atoms with Crippen LogP contribution in [0, 0.1) is 0 Å². The van der Waals surface area contributed by atoms with Crippen molar-refractivity contribution in [2.75, 3.05) is 26.2 Å². The lowest BCUT2D eigenvalue weighted by molar-refractivity contribution is -0.960. The first-order chi connectivity index (χ1) is 17.5. The zero-order valence-electron chi connectivity index (χ0n) is 23.7. The Hall–Kier alpha value is -2.36. The zero-order chi connectivity index (χ0) is 26.0. The maximum Gasteiger partial charge on any atom is 0.133 e. The van der Waals surface area contributed by atoms with Gasteiger partial charge in [-0.3, -0.25) is 0 Å². The van der Waals surface area contributed by atoms with Crippen LogP contribution in [0.1, 0.15) is 62.0 Å². The molecule has 2 unspecified atom stereocenters. The first kappa shape index (κ1) is 33.7. The van der Waals surface area contributed by atoms with E-state index in [-0.39, 0.29) is 36.9 Å². The topological polar surface area (TPSA) is 0 Å². The van der Waals surface area contributed by atoms with Crippen molar-refractivity contribution >= 4 is 0 Å². The third kappa shape index (κ3) is 7.39. The third-order valence-corrected chi connectivity index (χ3v) is 8.45. The van der Waals surface area contributed by atoms with Crippen molar-refractivity contribution in [1.29, 1.82) is 0 Å². The van der Waals surface area contributed by atoms with Gasteiger partial charge in [0.25, 0.3) is 0 Å². The normalized spacial score (nSPS) is 12.9. The van der Waals surface area contributed by atoms with E-state index in [1.165, 1.54) is 22.3 Å². The predicted molar refractivity (Wildman–Crippen MR) is 155 cm³/mol. The molecule has 0 aliphatic heterocycles. The lowest BCUT2D eigenvalue weighted by atomic mass is 9.99. The highest BCUT2D eigenvalue weighted by Crippen LogP contribution is 2.34. The minimum atomic E-state index is 0. The summed E-state index contributed by atoms with van der Waals surface area (Å²) in [6.07, 6.45) is 4.29. The summed E-state index contributed by atoms with van der Waals surface area (Å²) in [6, 6.07) is 31.7. The van der Waals surface area contributed by atoms with Crippen LogP contribution in [0.25, 0.3) is 0 Å². The molecule has 3 aromatic carbocycles. The molecule has 0 bridgehead atoms. The second-order valence-electron chi connectivity index (χ2n) is 10.0. The molecule has 3 rings (SSSR count). The predicted octanol–water partition coefficient (Wildman–Crippen LogP) is 2.26. The monoisotopic (exact) mass is 552 g/mol. The summed E-state index contributed by atoms with van der Waals surface area (Å²) in [7, 11) is 0. The van der Waals surface area contributed by atoms with Crippen LogP contribution in [-0.4, -0.2) is 35.1 Å². The smallest absolute Gasteiger partial charge is 0.133 e. The van der Waals surface area contributed by atoms with Crippen LogP contribution in [0.4, 0.5) is 0 Å². The number of nitrogens with zero attached hydrogens (tertiary/aromatic N) is 2. The molecule has 0 amide bonds. The van der Waals surface area contributed by atoms with Crippen molar-refractivity contribution in [2.45, 2.75) is 52.9 Å². The van der Waals surface area contributed by atoms with Gasteiger partial charge in [-0.05, 0) is 39.8 Å². The molecule has 3 aromatic rings. The molecule has 0 aromatic heterocycles. The molecule has 0 spiro atoms. The quantitative estimate of drug-likeness (QED) is 0.212. The van der Waals surface area contributed by atoms with Crippen molar-refractivity contribution in [3.8, 4) is 0 Å². The molecule has 2 nitrogen and oxygen atoms in total. The van der Waals surface area contributed by atoms with Crippen LogP contribution in [0.3, 0.4) is 0 Å². The average molecular weight is 554 g/mol. The summed E-state index contributed by atoms with van der Waals surface area (Å²) in [5.41, 5.74) is 5.47. The minimum absolute atomic E-state index is 0. The molecule has 2 atom stereocenters. The third-order valence-electron chi connectivity index (χ3n) is 8.45. The highest BCUT2D eigenvalue weighted by molar-refractivity contribution is 5.24. The van der Waals surface area contributed by atoms with E-state index in [2.05, 4.69) is 138 Å². The molecule has 38 heavy (non-hydrogen) atoms. The first-order valence-electron chi connectivity index (χ1n) is 13.7. The number of benzene rings is 3. The molecule has 206 valence electrons. The summed E-state index contributed by atoms with van der Waals surface area (Å²) in [6.45, 7) is 24.0. The first-order valence-corrected chi connectivity index (χ1v) is 13.7. The van der Waals surface area contributed by atoms with E-state index < -0.39 is 0 Å². The van der Waals surface area contributed by atoms with E-state index in [1.807, 2.05) is 0 Å². The van der Waals surface area contributed by atoms with Crippen LogP contribution >= 0.6 is 0 Å². The van der Waals surface area contributed by atoms with Crippen LogP contribution in [0.2, 0.25) is 0 Å². The van der Waals surface area contributed by atoms with Gasteiger partial charge in [-0.15, -0.1) is 0 Å². The Morgan fingerprint density at radius 1 is 0.526 bits per heavy atom. The van der Waals surface area contributed by atoms with Gasteiger partial charge in [0.15, 0.2) is 0 Å². The van der Waals surface area contributed by atoms with Gasteiger partial charge in [0.05, 0.1) is 26.2 Å². The van der Waals surface area contributed by atoms with E-state index in [0.29, 0.717) is 0 Å². The molecule has 0 saturated heterocycles. The van der Waals surface area contributed by atoms with Crippen molar-refractivity contribution < 1.29 is 33.8 Å². The van der Waals surface area contributed by atoms with Gasteiger partial charge in [-0.1, -0.05) is 98.1 Å². The lowest BCUT2D eigenvalue weighted by Crippen LogP contribution is -3.00. The molecule has 0 N–H and O–H groups in total. The maximum absolute atomic E-state index is 4.24. The Labute approximate surface area is 244 Å². The molecule has 0 fully saturated rings. The van der Waals surface area contributed by atoms with Crippen molar-refractivity contribution in [2.24, 2.45) is 0 Å². The highest BCUT2D eigenvalue weighted by Gasteiger charge is 2.35. The van der Waals surface area contributed by atoms with Gasteiger partial charge in [-0.2, -0.15) is 0 Å². The van der Waals surface area contributed by atoms with Gasteiger partial charge in [-0.25, -0.2) is 0 Å². The summed E-state index contributed by atoms with van der Waals surface area (Å²) >= 11 is 0. The van der Waals surface area contributed by atoms with Crippen LogP contribution in [0.15, 0.2) is 110 Å². The SMILES string of the molecule is C=CC(c1ccccc1)[N+](CC)(CC)Cc1ccc(C[N+](CC)(CC)C(C=C)c2ccccc2)cc1.[Cl-].[Cl-]. The summed E-state index contributed by atoms with van der Waals surface area (Å²) < 4.78 is 1.95. The highest BCUT2D eigenvalue weighted by atomic mass is 35.5. The van der Waals surface area contributed by atoms with Crippen molar-refractivity contribution in [1.82, 2.24) is 0 Å². The van der Waals surface area contributed by atoms with Gasteiger partial charge < -0.3 is 33.8 Å². The van der Waals surface area contributed by atoms with Crippen LogP contribution < -0.4 is 24.8 Å². The molecule has 0 aliphatic rings. The lowest BCUT2D eigenvalue weighted by Gasteiger charge is -2.43. The maximum atomic E-state index is 4.24. The molecule has 0 aliphatic carbocycles. The number of hydrogen-bond acceptors (Lipinski definition) is 0. The number of likely N-dealkylation sites (N-methyl/N-ethyl adjacent to an activating group) is 2. The largest absolute Gasteiger partial charge is 1.00 e. The fourth-order valence-corrected chi connectivity index (χ4v) is 6.01. The van der Waals surface area contributed by atoms with Crippen LogP contribution in [-0.2, 0) is 13.1 Å². The standard InChI is InChI=1S/C34H46N2.2ClH/c1-7-33(31-19-15-13-16-20-31)35(9-3,10-4)27-29-23-25-30(26-24-29)28-36(11-5,12-6)34(8-2)32-21-17-14-18-22-32;;/h7-8,13-26,33-34H,1-2,9-12,27-28H2,3-6H3;2*1H/q+2;;/p-2. The van der Waals surface area contributed by atoms with E-state index in [0.717, 1.165) is 48.2 Å². The minimum Gasteiger partial charge on any atom is -1.00 e. The van der Waals surface area contributed by atoms with E-state index in [1.54, 1.807) is 0 Å². The van der Waals surface area contributed by atoms with Gasteiger partial charge >= 0.3 is 0 Å². The van der Waals surface area contributed by atoms with Crippen molar-refractivity contribution in [3.63, 3.8) is 0 Å². The molecule has 4 heteroatoms. The average Bonchev–Trinajstić information content (AvgIpc) is 2.94. The number of quaternary nitrogens is 2. The molecular formula is C34H46Cl2N2.